The molecule has 1 aromatic heterocycles. The minimum Gasteiger partial charge on any atom is -0.441 e. The molecule has 0 atom stereocenters. The minimum absolute atomic E-state index is 0.298. The van der Waals surface area contributed by atoms with Crippen LogP contribution in [0.4, 0.5) is 4.39 Å². The SMILES string of the molecule is Cc1nc2ccc([18F])cc2o1. The van der Waals surface area contributed by atoms with Crippen molar-refractivity contribution in [1.29, 1.82) is 0 Å². The van der Waals surface area contributed by atoms with Crippen molar-refractivity contribution in [3.63, 3.8) is 0 Å². The number of oxazole rings is 1. The second-order valence-electron chi connectivity index (χ2n) is 2.34. The van der Waals surface area contributed by atoms with Crippen LogP contribution in [0.25, 0.3) is 11.1 Å². The normalized spacial score (nSPS) is 10.7. The fraction of sp³-hybridized carbons (Fsp3) is 0.125. The van der Waals surface area contributed by atoms with E-state index in [0.29, 0.717) is 17.0 Å². The first-order valence-electron chi connectivity index (χ1n) is 3.28. The summed E-state index contributed by atoms with van der Waals surface area (Å²) in [5, 5.41) is 0. The summed E-state index contributed by atoms with van der Waals surface area (Å²) < 4.78 is 17.7. The van der Waals surface area contributed by atoms with E-state index in [1.54, 1.807) is 13.0 Å². The van der Waals surface area contributed by atoms with Gasteiger partial charge in [-0.3, -0.25) is 0 Å². The molecule has 0 fully saturated rings. The number of nitrogens with zero attached hydrogens (tertiary/aromatic N) is 1. The van der Waals surface area contributed by atoms with E-state index in [0.717, 1.165) is 0 Å². The lowest BCUT2D eigenvalue weighted by Crippen LogP contribution is -1.71. The summed E-state index contributed by atoms with van der Waals surface area (Å²) in [5.41, 5.74) is 1.20. The van der Waals surface area contributed by atoms with Gasteiger partial charge in [0.15, 0.2) is 11.5 Å². The molecule has 2 nitrogen and oxygen atoms in total. The highest BCUT2D eigenvalue weighted by molar-refractivity contribution is 5.72. The molecule has 1 aromatic carbocycles. The highest BCUT2D eigenvalue weighted by Gasteiger charge is 2.01. The Bertz CT molecular complexity index is 394. The molecule has 56 valence electrons. The molecule has 2 aromatic rings. The van der Waals surface area contributed by atoms with Gasteiger partial charge in [0, 0.05) is 13.0 Å². The van der Waals surface area contributed by atoms with Gasteiger partial charge in [-0.15, -0.1) is 0 Å². The highest BCUT2D eigenvalue weighted by atomic mass is 18.2. The maximum atomic E-state index is 12.6. The zero-order chi connectivity index (χ0) is 7.84. The lowest BCUT2D eigenvalue weighted by Gasteiger charge is -1.84. The zero-order valence-electron chi connectivity index (χ0n) is 5.97. The molecule has 0 N–H and O–H groups in total. The smallest absolute Gasteiger partial charge is 0.192 e. The van der Waals surface area contributed by atoms with Gasteiger partial charge in [0.25, 0.3) is 0 Å². The monoisotopic (exact) mass is 150 g/mol. The first-order chi connectivity index (χ1) is 5.25. The average molecular weight is 150 g/mol. The van der Waals surface area contributed by atoms with E-state index in [-0.39, 0.29) is 5.82 Å². The molecule has 0 saturated heterocycles. The second kappa shape index (κ2) is 2.05. The predicted molar refractivity (Wildman–Crippen MR) is 38.7 cm³/mol. The van der Waals surface area contributed by atoms with E-state index >= 15 is 0 Å². The molecule has 2 rings (SSSR count). The highest BCUT2D eigenvalue weighted by Crippen LogP contribution is 2.15. The fourth-order valence-electron chi connectivity index (χ4n) is 1.01. The van der Waals surface area contributed by atoms with Gasteiger partial charge in [-0.05, 0) is 12.1 Å². The molecule has 0 unspecified atom stereocenters. The molecule has 0 saturated carbocycles. The quantitative estimate of drug-likeness (QED) is 0.575. The molecule has 0 aliphatic rings. The number of hydrogen-bond acceptors (Lipinski definition) is 2. The third-order valence-corrected chi connectivity index (χ3v) is 1.46. The van der Waals surface area contributed by atoms with Crippen LogP contribution in [0.2, 0.25) is 0 Å². The van der Waals surface area contributed by atoms with E-state index < -0.39 is 0 Å². The topological polar surface area (TPSA) is 26.0 Å². The number of benzene rings is 1. The van der Waals surface area contributed by atoms with Crippen molar-refractivity contribution in [1.82, 2.24) is 4.98 Å². The van der Waals surface area contributed by atoms with Crippen LogP contribution < -0.4 is 0 Å². The predicted octanol–water partition coefficient (Wildman–Crippen LogP) is 2.28. The molecule has 3 heteroatoms. The Labute approximate surface area is 62.7 Å². The van der Waals surface area contributed by atoms with E-state index in [1.807, 2.05) is 0 Å². The Morgan fingerprint density at radius 3 is 3.09 bits per heavy atom. The maximum absolute atomic E-state index is 12.6. The van der Waals surface area contributed by atoms with E-state index in [4.69, 9.17) is 4.42 Å². The van der Waals surface area contributed by atoms with Gasteiger partial charge < -0.3 is 4.42 Å². The van der Waals surface area contributed by atoms with Crippen molar-refractivity contribution in [2.45, 2.75) is 6.92 Å². The third-order valence-electron chi connectivity index (χ3n) is 1.46. The van der Waals surface area contributed by atoms with Crippen molar-refractivity contribution in [3.05, 3.63) is 29.9 Å². The molecule has 0 aliphatic heterocycles. The van der Waals surface area contributed by atoms with Crippen LogP contribution >= 0.6 is 0 Å². The van der Waals surface area contributed by atoms with E-state index in [2.05, 4.69) is 4.98 Å². The number of aryl methyl sites for hydroxylation is 1. The van der Waals surface area contributed by atoms with Crippen LogP contribution in [-0.2, 0) is 0 Å². The van der Waals surface area contributed by atoms with Gasteiger partial charge in [-0.25, -0.2) is 9.37 Å². The Morgan fingerprint density at radius 2 is 2.27 bits per heavy atom. The lowest BCUT2D eigenvalue weighted by atomic mass is 10.3. The van der Waals surface area contributed by atoms with E-state index in [1.165, 1.54) is 12.1 Å². The zero-order valence-corrected chi connectivity index (χ0v) is 5.97. The van der Waals surface area contributed by atoms with Crippen LogP contribution in [0.1, 0.15) is 5.89 Å². The molecular weight excluding hydrogens is 144 g/mol. The van der Waals surface area contributed by atoms with Crippen LogP contribution in [0.3, 0.4) is 0 Å². The van der Waals surface area contributed by atoms with Gasteiger partial charge in [0.05, 0.1) is 0 Å². The van der Waals surface area contributed by atoms with Gasteiger partial charge in [-0.1, -0.05) is 0 Å². The summed E-state index contributed by atoms with van der Waals surface area (Å²) in [6, 6.07) is 4.29. The van der Waals surface area contributed by atoms with Crippen molar-refractivity contribution in [2.24, 2.45) is 0 Å². The standard InChI is InChI=1S/C8H6FNO/c1-5-10-7-3-2-6(9)4-8(7)11-5/h2-4H,1H3/i9-1. The Morgan fingerprint density at radius 1 is 1.45 bits per heavy atom. The summed E-state index contributed by atoms with van der Waals surface area (Å²) in [5.74, 6) is 0.263. The van der Waals surface area contributed by atoms with Crippen LogP contribution in [0, 0.1) is 12.7 Å². The molecule has 0 radical (unpaired) electrons. The summed E-state index contributed by atoms with van der Waals surface area (Å²) in [6.45, 7) is 1.73. The molecule has 0 amide bonds. The summed E-state index contributed by atoms with van der Waals surface area (Å²) in [7, 11) is 0. The second-order valence-corrected chi connectivity index (χ2v) is 2.34. The lowest BCUT2D eigenvalue weighted by molar-refractivity contribution is 0.556. The van der Waals surface area contributed by atoms with Gasteiger partial charge in [0.1, 0.15) is 11.3 Å². The number of fused-ring (bicyclic) bond motifs is 1. The first-order valence-corrected chi connectivity index (χ1v) is 3.28. The van der Waals surface area contributed by atoms with Gasteiger partial charge in [-0.2, -0.15) is 0 Å². The van der Waals surface area contributed by atoms with E-state index in [9.17, 15) is 4.39 Å². The van der Waals surface area contributed by atoms with Gasteiger partial charge >= 0.3 is 0 Å². The molecule has 0 aliphatic carbocycles. The number of halogens is 1. The van der Waals surface area contributed by atoms with Crippen molar-refractivity contribution < 1.29 is 8.81 Å². The average Bonchev–Trinajstić information content (AvgIpc) is 2.27. The molecule has 0 spiro atoms. The van der Waals surface area contributed by atoms with Crippen molar-refractivity contribution in [2.75, 3.05) is 0 Å². The maximum Gasteiger partial charge on any atom is 0.192 e. The fourth-order valence-corrected chi connectivity index (χ4v) is 1.01. The van der Waals surface area contributed by atoms with Crippen LogP contribution in [-0.4, -0.2) is 4.98 Å². The Kier molecular flexibility index (Phi) is 1.18. The summed E-state index contributed by atoms with van der Waals surface area (Å²) in [6.07, 6.45) is 0. The first kappa shape index (κ1) is 6.34. The largest absolute Gasteiger partial charge is 0.441 e. The third kappa shape index (κ3) is 0.981. The summed E-state index contributed by atoms with van der Waals surface area (Å²) in [4.78, 5) is 4.02. The minimum atomic E-state index is -0.298. The van der Waals surface area contributed by atoms with Crippen LogP contribution in [0.5, 0.6) is 0 Å². The Balaban J connectivity index is 2.82. The van der Waals surface area contributed by atoms with Crippen molar-refractivity contribution in [3.8, 4) is 0 Å². The molecule has 0 bridgehead atoms. The van der Waals surface area contributed by atoms with Crippen LogP contribution in [0.15, 0.2) is 22.6 Å². The van der Waals surface area contributed by atoms with Crippen molar-refractivity contribution >= 4 is 11.1 Å². The molecular formula is C8H6FNO. The number of hydrogen-bond donors (Lipinski definition) is 0. The molecule has 1 heterocycles. The Hall–Kier alpha value is -1.38. The molecule has 11 heavy (non-hydrogen) atoms. The summed E-state index contributed by atoms with van der Waals surface area (Å²) >= 11 is 0. The number of aromatic nitrogens is 1. The number of rotatable bonds is 0. The van der Waals surface area contributed by atoms with Gasteiger partial charge in [0.2, 0.25) is 0 Å².